The zero-order valence-corrected chi connectivity index (χ0v) is 10.8. The van der Waals surface area contributed by atoms with E-state index in [9.17, 15) is 9.59 Å². The number of amides is 1. The molecule has 0 atom stereocenters. The fourth-order valence-corrected chi connectivity index (χ4v) is 1.68. The van der Waals surface area contributed by atoms with Gasteiger partial charge in [0, 0.05) is 0 Å². The summed E-state index contributed by atoms with van der Waals surface area (Å²) in [6.45, 7) is 0. The molecule has 0 saturated heterocycles. The third-order valence-corrected chi connectivity index (χ3v) is 2.66. The van der Waals surface area contributed by atoms with Crippen LogP contribution in [0, 0.1) is 0 Å². The van der Waals surface area contributed by atoms with Gasteiger partial charge in [0.25, 0.3) is 5.91 Å². The van der Waals surface area contributed by atoms with Crippen LogP contribution in [0.25, 0.3) is 0 Å². The van der Waals surface area contributed by atoms with E-state index in [4.69, 9.17) is 15.2 Å². The second-order valence-electron chi connectivity index (χ2n) is 3.98. The monoisotopic (exact) mass is 271 g/mol. The van der Waals surface area contributed by atoms with Crippen LogP contribution >= 0.6 is 0 Å². The zero-order valence-electron chi connectivity index (χ0n) is 10.8. The van der Waals surface area contributed by atoms with E-state index < -0.39 is 11.9 Å². The molecule has 0 fully saturated rings. The molecule has 0 heterocycles. The Labute approximate surface area is 115 Å². The Hall–Kier alpha value is -2.82. The van der Waals surface area contributed by atoms with Crippen LogP contribution in [0.1, 0.15) is 20.7 Å². The van der Waals surface area contributed by atoms with Crippen LogP contribution in [0.4, 0.5) is 0 Å². The van der Waals surface area contributed by atoms with Crippen molar-refractivity contribution in [2.24, 2.45) is 5.73 Å². The third kappa shape index (κ3) is 2.95. The maximum Gasteiger partial charge on any atom is 0.343 e. The second-order valence-corrected chi connectivity index (χ2v) is 3.98. The second kappa shape index (κ2) is 5.88. The van der Waals surface area contributed by atoms with Gasteiger partial charge in [0.05, 0.1) is 18.2 Å². The Kier molecular flexibility index (Phi) is 4.00. The maximum absolute atomic E-state index is 11.9. The number of primary amides is 1. The van der Waals surface area contributed by atoms with Crippen LogP contribution in [0.2, 0.25) is 0 Å². The van der Waals surface area contributed by atoms with E-state index in [0.717, 1.165) is 0 Å². The number of hydrogen-bond donors (Lipinski definition) is 1. The average molecular weight is 271 g/mol. The molecule has 0 saturated carbocycles. The van der Waals surface area contributed by atoms with Crippen LogP contribution in [-0.2, 0) is 0 Å². The number of rotatable bonds is 4. The van der Waals surface area contributed by atoms with Gasteiger partial charge in [-0.2, -0.15) is 0 Å². The lowest BCUT2D eigenvalue weighted by molar-refractivity contribution is 0.0733. The van der Waals surface area contributed by atoms with Gasteiger partial charge in [0.15, 0.2) is 0 Å². The van der Waals surface area contributed by atoms with Crippen molar-refractivity contribution in [2.75, 3.05) is 7.11 Å². The molecule has 0 aliphatic rings. The minimum atomic E-state index is -0.653. The van der Waals surface area contributed by atoms with Gasteiger partial charge in [-0.1, -0.05) is 18.2 Å². The summed E-state index contributed by atoms with van der Waals surface area (Å²) in [7, 11) is 1.43. The molecular weight excluding hydrogens is 258 g/mol. The highest BCUT2D eigenvalue weighted by atomic mass is 16.5. The molecule has 0 aromatic heterocycles. The summed E-state index contributed by atoms with van der Waals surface area (Å²) < 4.78 is 10.2. The highest BCUT2D eigenvalue weighted by Crippen LogP contribution is 2.24. The molecule has 2 rings (SSSR count). The first-order valence-corrected chi connectivity index (χ1v) is 5.87. The van der Waals surface area contributed by atoms with Crippen molar-refractivity contribution in [3.63, 3.8) is 0 Å². The lowest BCUT2D eigenvalue weighted by Crippen LogP contribution is -2.14. The van der Waals surface area contributed by atoms with Gasteiger partial charge in [-0.25, -0.2) is 4.79 Å². The Balaban J connectivity index is 2.24. The number of benzene rings is 2. The number of nitrogens with two attached hydrogens (primary N) is 1. The molecule has 20 heavy (non-hydrogen) atoms. The number of carbonyl (C=O) groups is 2. The molecule has 0 spiro atoms. The van der Waals surface area contributed by atoms with Gasteiger partial charge in [-0.05, 0) is 30.3 Å². The SMILES string of the molecule is COc1ccc(OC(=O)c2ccccc2)cc1C(N)=O. The maximum atomic E-state index is 11.9. The van der Waals surface area contributed by atoms with Crippen molar-refractivity contribution < 1.29 is 19.1 Å². The smallest absolute Gasteiger partial charge is 0.343 e. The van der Waals surface area contributed by atoms with E-state index in [0.29, 0.717) is 11.3 Å². The Morgan fingerprint density at radius 1 is 1.05 bits per heavy atom. The van der Waals surface area contributed by atoms with E-state index in [1.807, 2.05) is 0 Å². The van der Waals surface area contributed by atoms with E-state index in [1.54, 1.807) is 30.3 Å². The standard InChI is InChI=1S/C15H13NO4/c1-19-13-8-7-11(9-12(13)14(16)17)20-15(18)10-5-3-2-4-6-10/h2-9H,1H3,(H2,16,17). The van der Waals surface area contributed by atoms with Gasteiger partial charge >= 0.3 is 5.97 Å². The summed E-state index contributed by atoms with van der Waals surface area (Å²) in [6.07, 6.45) is 0. The van der Waals surface area contributed by atoms with Gasteiger partial charge in [-0.15, -0.1) is 0 Å². The van der Waals surface area contributed by atoms with Crippen molar-refractivity contribution in [3.05, 3.63) is 59.7 Å². The predicted molar refractivity (Wildman–Crippen MR) is 72.9 cm³/mol. The molecule has 0 bridgehead atoms. The lowest BCUT2D eigenvalue weighted by Gasteiger charge is -2.08. The predicted octanol–water partition coefficient (Wildman–Crippen LogP) is 2.01. The summed E-state index contributed by atoms with van der Waals surface area (Å²) in [5.41, 5.74) is 5.82. The van der Waals surface area contributed by atoms with Crippen molar-refractivity contribution in [1.29, 1.82) is 0 Å². The molecule has 102 valence electrons. The molecule has 2 aromatic rings. The number of esters is 1. The van der Waals surface area contributed by atoms with Gasteiger partial charge in [0.1, 0.15) is 11.5 Å². The van der Waals surface area contributed by atoms with Crippen molar-refractivity contribution in [3.8, 4) is 11.5 Å². The molecule has 2 N–H and O–H groups in total. The minimum Gasteiger partial charge on any atom is -0.496 e. The van der Waals surface area contributed by atoms with Gasteiger partial charge < -0.3 is 15.2 Å². The molecule has 5 nitrogen and oxygen atoms in total. The van der Waals surface area contributed by atoms with E-state index in [1.165, 1.54) is 25.3 Å². The summed E-state index contributed by atoms with van der Waals surface area (Å²) in [5.74, 6) is -0.601. The van der Waals surface area contributed by atoms with Crippen LogP contribution in [0.3, 0.4) is 0 Å². The fraction of sp³-hybridized carbons (Fsp3) is 0.0667. The molecule has 2 aromatic carbocycles. The molecule has 0 unspecified atom stereocenters. The van der Waals surface area contributed by atoms with E-state index in [2.05, 4.69) is 0 Å². The lowest BCUT2D eigenvalue weighted by atomic mass is 10.2. The number of methoxy groups -OCH3 is 1. The fourth-order valence-electron chi connectivity index (χ4n) is 1.68. The van der Waals surface area contributed by atoms with Crippen LogP contribution in [0.15, 0.2) is 48.5 Å². The van der Waals surface area contributed by atoms with Crippen molar-refractivity contribution >= 4 is 11.9 Å². The summed E-state index contributed by atoms with van der Waals surface area (Å²) >= 11 is 0. The summed E-state index contributed by atoms with van der Waals surface area (Å²) in [4.78, 5) is 23.2. The van der Waals surface area contributed by atoms with E-state index >= 15 is 0 Å². The molecule has 0 radical (unpaired) electrons. The topological polar surface area (TPSA) is 78.6 Å². The first-order chi connectivity index (χ1) is 9.61. The Morgan fingerprint density at radius 3 is 2.35 bits per heavy atom. The number of hydrogen-bond acceptors (Lipinski definition) is 4. The summed E-state index contributed by atoms with van der Waals surface area (Å²) in [6, 6.07) is 13.0. The zero-order chi connectivity index (χ0) is 14.5. The van der Waals surface area contributed by atoms with Crippen molar-refractivity contribution in [1.82, 2.24) is 0 Å². The summed E-state index contributed by atoms with van der Waals surface area (Å²) in [5, 5.41) is 0. The molecular formula is C15H13NO4. The van der Waals surface area contributed by atoms with E-state index in [-0.39, 0.29) is 11.3 Å². The molecule has 1 amide bonds. The normalized spacial score (nSPS) is 9.85. The van der Waals surface area contributed by atoms with Gasteiger partial charge in [-0.3, -0.25) is 4.79 Å². The van der Waals surface area contributed by atoms with Crippen molar-refractivity contribution in [2.45, 2.75) is 0 Å². The van der Waals surface area contributed by atoms with Gasteiger partial charge in [0.2, 0.25) is 0 Å². The largest absolute Gasteiger partial charge is 0.496 e. The highest BCUT2D eigenvalue weighted by molar-refractivity contribution is 5.96. The molecule has 5 heteroatoms. The highest BCUT2D eigenvalue weighted by Gasteiger charge is 2.13. The number of carbonyl (C=O) groups excluding carboxylic acids is 2. The minimum absolute atomic E-state index is 0.158. The Bertz CT molecular complexity index is 638. The third-order valence-electron chi connectivity index (χ3n) is 2.66. The first-order valence-electron chi connectivity index (χ1n) is 5.87. The molecule has 0 aliphatic heterocycles. The van der Waals surface area contributed by atoms with Crippen LogP contribution in [-0.4, -0.2) is 19.0 Å². The van der Waals surface area contributed by atoms with Crippen LogP contribution in [0.5, 0.6) is 11.5 Å². The van der Waals surface area contributed by atoms with Crippen LogP contribution < -0.4 is 15.2 Å². The Morgan fingerprint density at radius 2 is 1.75 bits per heavy atom. The quantitative estimate of drug-likeness (QED) is 0.681. The molecule has 0 aliphatic carbocycles. The first kappa shape index (κ1) is 13.6. The number of ether oxygens (including phenoxy) is 2. The average Bonchev–Trinajstić information content (AvgIpc) is 2.48.